The number of carbonyl (C=O) groups excluding carboxylic acids is 1. The lowest BCUT2D eigenvalue weighted by atomic mass is 9.45. The van der Waals surface area contributed by atoms with Gasteiger partial charge in [-0.25, -0.2) is 9.18 Å². The molecule has 0 aromatic heterocycles. The van der Waals surface area contributed by atoms with Crippen molar-refractivity contribution in [3.63, 3.8) is 0 Å². The molecule has 176 valence electrons. The van der Waals surface area contributed by atoms with Gasteiger partial charge in [0.05, 0.1) is 16.0 Å². The molecule has 3 saturated carbocycles. The average molecular weight is 489 g/mol. The van der Waals surface area contributed by atoms with Gasteiger partial charge in [0.1, 0.15) is 12.3 Å². The van der Waals surface area contributed by atoms with Crippen molar-refractivity contribution in [2.45, 2.75) is 81.6 Å². The number of ketones is 1. The molecule has 0 spiro atoms. The maximum Gasteiger partial charge on any atom is 0.339 e. The van der Waals surface area contributed by atoms with Gasteiger partial charge in [0, 0.05) is 10.8 Å². The molecule has 5 rings (SSSR count). The Kier molecular flexibility index (Phi) is 4.53. The van der Waals surface area contributed by atoms with E-state index in [2.05, 4.69) is 0 Å². The Morgan fingerprint density at radius 2 is 1.88 bits per heavy atom. The second kappa shape index (κ2) is 6.36. The van der Waals surface area contributed by atoms with Crippen LogP contribution in [-0.2, 0) is 19.1 Å². The topological polar surface area (TPSA) is 93.1 Å². The number of hydrogen-bond donors (Lipinski definition) is 2. The Balaban J connectivity index is 1.68. The molecule has 1 heterocycles. The molecule has 9 atom stereocenters. The van der Waals surface area contributed by atoms with Gasteiger partial charge in [-0.2, -0.15) is 0 Å². The van der Waals surface area contributed by atoms with Crippen molar-refractivity contribution < 1.29 is 33.7 Å². The predicted octanol–water partition coefficient (Wildman–Crippen LogP) is 3.73. The molecule has 4 aliphatic carbocycles. The standard InChI is InChI=1S/C23H27Cl2FO6/c1-19(2)31-15-8-10-11-7-12(26)16-17(24)13(27)5-6-20(16,3)22(11,25)14(28)9-21(10,4)23(15,32-19)18(29)30/h5-6,10-12,14-15,28H,7-9H2,1-4H3,(H,29,30)/t10-,11-,12-,14-,15+,20-,21-,22-,23-/m0/s1. The Morgan fingerprint density at radius 1 is 1.22 bits per heavy atom. The quantitative estimate of drug-likeness (QED) is 0.546. The van der Waals surface area contributed by atoms with E-state index in [4.69, 9.17) is 32.7 Å². The number of ether oxygens (including phenoxy) is 2. The summed E-state index contributed by atoms with van der Waals surface area (Å²) in [6.45, 7) is 6.82. The molecule has 2 N–H and O–H groups in total. The van der Waals surface area contributed by atoms with E-state index in [1.54, 1.807) is 33.8 Å². The van der Waals surface area contributed by atoms with Crippen molar-refractivity contribution in [2.24, 2.45) is 22.7 Å². The lowest BCUT2D eigenvalue weighted by molar-refractivity contribution is -0.231. The summed E-state index contributed by atoms with van der Waals surface area (Å²) < 4.78 is 27.8. The number of carboxylic acid groups (broad SMARTS) is 1. The molecule has 0 aromatic rings. The first kappa shape index (κ1) is 22.8. The summed E-state index contributed by atoms with van der Waals surface area (Å²) in [6.07, 6.45) is -0.411. The maximum absolute atomic E-state index is 15.7. The second-order valence-corrected chi connectivity index (χ2v) is 11.8. The molecule has 6 nitrogen and oxygen atoms in total. The molecule has 1 saturated heterocycles. The molecular weight excluding hydrogens is 462 g/mol. The Morgan fingerprint density at radius 3 is 2.50 bits per heavy atom. The highest BCUT2D eigenvalue weighted by atomic mass is 35.5. The number of alkyl halides is 2. The summed E-state index contributed by atoms with van der Waals surface area (Å²) >= 11 is 13.5. The molecule has 32 heavy (non-hydrogen) atoms. The van der Waals surface area contributed by atoms with E-state index in [0.717, 1.165) is 0 Å². The fraction of sp³-hybridized carbons (Fsp3) is 0.739. The van der Waals surface area contributed by atoms with Crippen molar-refractivity contribution in [2.75, 3.05) is 0 Å². The van der Waals surface area contributed by atoms with Crippen LogP contribution < -0.4 is 0 Å². The zero-order chi connectivity index (χ0) is 23.6. The summed E-state index contributed by atoms with van der Waals surface area (Å²) in [5.41, 5.74) is -3.84. The minimum atomic E-state index is -1.68. The van der Waals surface area contributed by atoms with Crippen LogP contribution >= 0.6 is 23.2 Å². The summed E-state index contributed by atoms with van der Waals surface area (Å²) in [5, 5.41) is 21.7. The fourth-order valence-corrected chi connectivity index (χ4v) is 8.63. The number of allylic oxidation sites excluding steroid dienone is 4. The first-order valence-corrected chi connectivity index (χ1v) is 11.7. The van der Waals surface area contributed by atoms with Gasteiger partial charge < -0.3 is 19.7 Å². The third-order valence-corrected chi connectivity index (χ3v) is 10.3. The van der Waals surface area contributed by atoms with Gasteiger partial charge in [0.25, 0.3) is 0 Å². The molecule has 5 aliphatic rings. The van der Waals surface area contributed by atoms with Gasteiger partial charge in [0.2, 0.25) is 0 Å². The summed E-state index contributed by atoms with van der Waals surface area (Å²) in [7, 11) is 0. The third-order valence-electron chi connectivity index (χ3n) is 9.02. The number of aliphatic hydroxyl groups is 1. The zero-order valence-corrected chi connectivity index (χ0v) is 19.8. The van der Waals surface area contributed by atoms with Crippen LogP contribution in [0.4, 0.5) is 4.39 Å². The van der Waals surface area contributed by atoms with Crippen LogP contribution in [-0.4, -0.2) is 56.6 Å². The van der Waals surface area contributed by atoms with Gasteiger partial charge in [0.15, 0.2) is 17.2 Å². The highest BCUT2D eigenvalue weighted by Crippen LogP contribution is 2.73. The van der Waals surface area contributed by atoms with E-state index in [1.165, 1.54) is 6.08 Å². The minimum Gasteiger partial charge on any atom is -0.479 e. The largest absolute Gasteiger partial charge is 0.479 e. The van der Waals surface area contributed by atoms with E-state index in [9.17, 15) is 19.8 Å². The highest BCUT2D eigenvalue weighted by molar-refractivity contribution is 6.45. The second-order valence-electron chi connectivity index (χ2n) is 10.8. The molecule has 1 aliphatic heterocycles. The molecule has 0 bridgehead atoms. The molecule has 0 unspecified atom stereocenters. The van der Waals surface area contributed by atoms with Gasteiger partial charge in [-0.3, -0.25) is 4.79 Å². The SMILES string of the molecule is CC1(C)O[C@@H]2C[C@H]3[C@@H]4C[C@H](F)C5=C(Cl)C(=O)C=C[C@]5(C)[C@@]4(Cl)[C@@H](O)C[C@]3(C)[C@]2(C(=O)O)O1. The van der Waals surface area contributed by atoms with Crippen molar-refractivity contribution in [3.8, 4) is 0 Å². The normalized spacial score (nSPS) is 53.5. The number of fused-ring (bicyclic) bond motifs is 7. The molecule has 0 amide bonds. The molecular formula is C23H27Cl2FO6. The number of aliphatic hydroxyl groups excluding tert-OH is 1. The lowest BCUT2D eigenvalue weighted by Gasteiger charge is -2.64. The van der Waals surface area contributed by atoms with Crippen LogP contribution in [0.5, 0.6) is 0 Å². The summed E-state index contributed by atoms with van der Waals surface area (Å²) in [5.74, 6) is -3.73. The number of hydrogen-bond acceptors (Lipinski definition) is 5. The zero-order valence-electron chi connectivity index (χ0n) is 18.3. The van der Waals surface area contributed by atoms with E-state index in [0.29, 0.717) is 6.42 Å². The number of aliphatic carboxylic acids is 1. The third kappa shape index (κ3) is 2.32. The number of carboxylic acids is 1. The molecule has 0 radical (unpaired) electrons. The predicted molar refractivity (Wildman–Crippen MR) is 114 cm³/mol. The van der Waals surface area contributed by atoms with E-state index < -0.39 is 63.1 Å². The number of carbonyl (C=O) groups is 2. The van der Waals surface area contributed by atoms with Crippen LogP contribution in [0.25, 0.3) is 0 Å². The van der Waals surface area contributed by atoms with Crippen molar-refractivity contribution in [1.82, 2.24) is 0 Å². The number of halogens is 3. The first-order valence-electron chi connectivity index (χ1n) is 10.9. The fourth-order valence-electron chi connectivity index (χ4n) is 7.77. The Labute approximate surface area is 195 Å². The monoisotopic (exact) mass is 488 g/mol. The van der Waals surface area contributed by atoms with Crippen molar-refractivity contribution >= 4 is 35.0 Å². The molecule has 4 fully saturated rings. The van der Waals surface area contributed by atoms with Crippen LogP contribution in [0, 0.1) is 22.7 Å². The smallest absolute Gasteiger partial charge is 0.339 e. The maximum atomic E-state index is 15.7. The minimum absolute atomic E-state index is 0.0269. The lowest BCUT2D eigenvalue weighted by Crippen LogP contribution is -2.70. The van der Waals surface area contributed by atoms with Gasteiger partial charge in [-0.05, 0) is 56.6 Å². The number of rotatable bonds is 1. The highest BCUT2D eigenvalue weighted by Gasteiger charge is 2.80. The van der Waals surface area contributed by atoms with Crippen LogP contribution in [0.1, 0.15) is 47.0 Å². The Bertz CT molecular complexity index is 995. The van der Waals surface area contributed by atoms with Crippen LogP contribution in [0.2, 0.25) is 0 Å². The van der Waals surface area contributed by atoms with E-state index in [-0.39, 0.29) is 29.4 Å². The first-order chi connectivity index (χ1) is 14.7. The van der Waals surface area contributed by atoms with E-state index >= 15 is 4.39 Å². The van der Waals surface area contributed by atoms with Crippen LogP contribution in [0.15, 0.2) is 22.8 Å². The summed E-state index contributed by atoms with van der Waals surface area (Å²) in [4.78, 5) is 23.5. The summed E-state index contributed by atoms with van der Waals surface area (Å²) in [6, 6.07) is 0. The van der Waals surface area contributed by atoms with Gasteiger partial charge in [-0.1, -0.05) is 31.5 Å². The van der Waals surface area contributed by atoms with Crippen molar-refractivity contribution in [1.29, 1.82) is 0 Å². The van der Waals surface area contributed by atoms with E-state index in [1.807, 2.05) is 0 Å². The van der Waals surface area contributed by atoms with Crippen molar-refractivity contribution in [3.05, 3.63) is 22.8 Å². The molecule has 9 heteroatoms. The van der Waals surface area contributed by atoms with Gasteiger partial charge in [-0.15, -0.1) is 11.6 Å². The average Bonchev–Trinajstić information content (AvgIpc) is 3.08. The molecule has 0 aromatic carbocycles. The van der Waals surface area contributed by atoms with Crippen LogP contribution in [0.3, 0.4) is 0 Å². The Hall–Kier alpha value is -0.990. The van der Waals surface area contributed by atoms with Gasteiger partial charge >= 0.3 is 5.97 Å².